The van der Waals surface area contributed by atoms with Gasteiger partial charge < -0.3 is 24.8 Å². The predicted octanol–water partition coefficient (Wildman–Crippen LogP) is 0.297. The number of ether oxygens (including phenoxy) is 2. The summed E-state index contributed by atoms with van der Waals surface area (Å²) in [6.07, 6.45) is 1.99. The van der Waals surface area contributed by atoms with Gasteiger partial charge in [-0.05, 0) is 19.8 Å². The van der Waals surface area contributed by atoms with E-state index in [4.69, 9.17) is 9.47 Å². The molecular weight excluding hydrogens is 264 g/mol. The van der Waals surface area contributed by atoms with Gasteiger partial charge in [0.2, 0.25) is 0 Å². The average Bonchev–Trinajstić information content (AvgIpc) is 3.16. The van der Waals surface area contributed by atoms with E-state index < -0.39 is 17.4 Å². The molecule has 0 aromatic rings. The summed E-state index contributed by atoms with van der Waals surface area (Å²) in [5.41, 5.74) is -1.06. The Labute approximate surface area is 118 Å². The van der Waals surface area contributed by atoms with Crippen LogP contribution in [-0.4, -0.2) is 67.6 Å². The van der Waals surface area contributed by atoms with Crippen molar-refractivity contribution in [3.05, 3.63) is 0 Å². The minimum absolute atomic E-state index is 0.120. The van der Waals surface area contributed by atoms with Crippen molar-refractivity contribution in [2.24, 2.45) is 5.41 Å². The summed E-state index contributed by atoms with van der Waals surface area (Å²) in [7, 11) is 1.59. The van der Waals surface area contributed by atoms with Crippen LogP contribution < -0.4 is 5.32 Å². The maximum atomic E-state index is 12.3. The van der Waals surface area contributed by atoms with Crippen molar-refractivity contribution >= 4 is 12.0 Å². The lowest BCUT2D eigenvalue weighted by molar-refractivity contribution is -0.148. The van der Waals surface area contributed by atoms with Crippen LogP contribution in [0.3, 0.4) is 0 Å². The molecule has 1 heterocycles. The van der Waals surface area contributed by atoms with Gasteiger partial charge in [0.15, 0.2) is 0 Å². The average molecular weight is 286 g/mol. The number of amides is 2. The Morgan fingerprint density at radius 2 is 2.20 bits per heavy atom. The highest BCUT2D eigenvalue weighted by atomic mass is 16.5. The van der Waals surface area contributed by atoms with E-state index in [0.717, 1.165) is 12.8 Å². The third-order valence-corrected chi connectivity index (χ3v) is 4.03. The number of nitrogens with one attached hydrogen (secondary N) is 1. The Morgan fingerprint density at radius 3 is 2.75 bits per heavy atom. The maximum absolute atomic E-state index is 12.3. The van der Waals surface area contributed by atoms with Gasteiger partial charge >= 0.3 is 12.0 Å². The molecule has 2 unspecified atom stereocenters. The molecule has 7 heteroatoms. The molecule has 2 fully saturated rings. The molecule has 2 N–H and O–H groups in total. The van der Waals surface area contributed by atoms with E-state index in [1.165, 1.54) is 0 Å². The Morgan fingerprint density at radius 1 is 1.50 bits per heavy atom. The zero-order valence-electron chi connectivity index (χ0n) is 11.9. The molecule has 0 aromatic carbocycles. The first-order chi connectivity index (χ1) is 9.49. The van der Waals surface area contributed by atoms with E-state index in [1.807, 2.05) is 0 Å². The van der Waals surface area contributed by atoms with Gasteiger partial charge in [0.05, 0.1) is 25.9 Å². The third-order valence-electron chi connectivity index (χ3n) is 4.03. The van der Waals surface area contributed by atoms with Crippen molar-refractivity contribution in [3.63, 3.8) is 0 Å². The Kier molecular flexibility index (Phi) is 4.49. The van der Waals surface area contributed by atoms with Crippen molar-refractivity contribution < 1.29 is 24.2 Å². The standard InChI is InChI=1S/C13H22N2O5/c1-13(11(16)17)8-20-7-10(13)14-12(18)15(5-6-19-2)9-3-4-9/h9-10H,3-8H2,1-2H3,(H,14,18)(H,16,17). The second-order valence-corrected chi connectivity index (χ2v) is 5.66. The lowest BCUT2D eigenvalue weighted by Gasteiger charge is -2.29. The molecule has 20 heavy (non-hydrogen) atoms. The summed E-state index contributed by atoms with van der Waals surface area (Å²) in [5, 5.41) is 12.1. The zero-order chi connectivity index (χ0) is 14.8. The van der Waals surface area contributed by atoms with Gasteiger partial charge in [0, 0.05) is 19.7 Å². The largest absolute Gasteiger partial charge is 0.481 e. The fourth-order valence-corrected chi connectivity index (χ4v) is 2.34. The third kappa shape index (κ3) is 3.04. The number of carbonyl (C=O) groups is 2. The highest BCUT2D eigenvalue weighted by molar-refractivity contribution is 5.79. The Balaban J connectivity index is 1.97. The molecule has 1 saturated carbocycles. The minimum Gasteiger partial charge on any atom is -0.481 e. The second-order valence-electron chi connectivity index (χ2n) is 5.66. The molecule has 114 valence electrons. The molecule has 0 radical (unpaired) electrons. The number of rotatable bonds is 6. The maximum Gasteiger partial charge on any atom is 0.318 e. The van der Waals surface area contributed by atoms with E-state index in [1.54, 1.807) is 18.9 Å². The second kappa shape index (κ2) is 5.97. The molecule has 2 atom stereocenters. The number of urea groups is 1. The smallest absolute Gasteiger partial charge is 0.318 e. The molecule has 0 spiro atoms. The van der Waals surface area contributed by atoms with Crippen LogP contribution in [-0.2, 0) is 14.3 Å². The molecule has 0 bridgehead atoms. The van der Waals surface area contributed by atoms with Crippen molar-refractivity contribution in [1.82, 2.24) is 10.2 Å². The number of nitrogens with zero attached hydrogens (tertiary/aromatic N) is 1. The topological polar surface area (TPSA) is 88.1 Å². The molecule has 1 aliphatic heterocycles. The first kappa shape index (κ1) is 15.1. The van der Waals surface area contributed by atoms with Crippen LogP contribution in [0, 0.1) is 5.41 Å². The van der Waals surface area contributed by atoms with Crippen LogP contribution in [0.15, 0.2) is 0 Å². The lowest BCUT2D eigenvalue weighted by Crippen LogP contribution is -2.54. The van der Waals surface area contributed by atoms with Crippen molar-refractivity contribution in [1.29, 1.82) is 0 Å². The van der Waals surface area contributed by atoms with Crippen molar-refractivity contribution in [2.75, 3.05) is 33.5 Å². The summed E-state index contributed by atoms with van der Waals surface area (Å²) in [5.74, 6) is -0.949. The zero-order valence-corrected chi connectivity index (χ0v) is 11.9. The van der Waals surface area contributed by atoms with Crippen LogP contribution in [0.25, 0.3) is 0 Å². The summed E-state index contributed by atoms with van der Waals surface area (Å²) in [6.45, 7) is 2.95. The van der Waals surface area contributed by atoms with Crippen molar-refractivity contribution in [2.45, 2.75) is 31.8 Å². The van der Waals surface area contributed by atoms with Crippen LogP contribution in [0.1, 0.15) is 19.8 Å². The van der Waals surface area contributed by atoms with E-state index in [-0.39, 0.29) is 25.3 Å². The molecule has 2 rings (SSSR count). The summed E-state index contributed by atoms with van der Waals surface area (Å²) >= 11 is 0. The predicted molar refractivity (Wildman–Crippen MR) is 70.5 cm³/mol. The number of carbonyl (C=O) groups excluding carboxylic acids is 1. The molecule has 1 saturated heterocycles. The fraction of sp³-hybridized carbons (Fsp3) is 0.846. The number of aliphatic carboxylic acids is 1. The molecule has 2 amide bonds. The fourth-order valence-electron chi connectivity index (χ4n) is 2.34. The van der Waals surface area contributed by atoms with Crippen LogP contribution in [0.2, 0.25) is 0 Å². The van der Waals surface area contributed by atoms with Crippen LogP contribution in [0.5, 0.6) is 0 Å². The summed E-state index contributed by atoms with van der Waals surface area (Å²) in [4.78, 5) is 25.4. The van der Waals surface area contributed by atoms with Crippen LogP contribution >= 0.6 is 0 Å². The van der Waals surface area contributed by atoms with E-state index in [9.17, 15) is 14.7 Å². The first-order valence-electron chi connectivity index (χ1n) is 6.86. The molecular formula is C13H22N2O5. The van der Waals surface area contributed by atoms with Gasteiger partial charge in [0.1, 0.15) is 5.41 Å². The van der Waals surface area contributed by atoms with Crippen LogP contribution in [0.4, 0.5) is 4.79 Å². The Bertz CT molecular complexity index is 385. The normalized spacial score (nSPS) is 29.2. The molecule has 2 aliphatic rings. The minimum atomic E-state index is -1.06. The van der Waals surface area contributed by atoms with Gasteiger partial charge in [-0.3, -0.25) is 4.79 Å². The van der Waals surface area contributed by atoms with Gasteiger partial charge in [-0.2, -0.15) is 0 Å². The quantitative estimate of drug-likeness (QED) is 0.733. The van der Waals surface area contributed by atoms with Crippen molar-refractivity contribution in [3.8, 4) is 0 Å². The number of carboxylic acid groups (broad SMARTS) is 1. The number of carboxylic acids is 1. The highest BCUT2D eigenvalue weighted by Gasteiger charge is 2.48. The number of methoxy groups -OCH3 is 1. The van der Waals surface area contributed by atoms with Gasteiger partial charge in [-0.25, -0.2) is 4.79 Å². The summed E-state index contributed by atoms with van der Waals surface area (Å²) in [6, 6.07) is -0.479. The lowest BCUT2D eigenvalue weighted by atomic mass is 9.85. The molecule has 1 aliphatic carbocycles. The SMILES string of the molecule is COCCN(C(=O)NC1COCC1(C)C(=O)O)C1CC1. The van der Waals surface area contributed by atoms with Gasteiger partial charge in [-0.1, -0.05) is 0 Å². The highest BCUT2D eigenvalue weighted by Crippen LogP contribution is 2.30. The van der Waals surface area contributed by atoms with E-state index in [2.05, 4.69) is 5.32 Å². The summed E-state index contributed by atoms with van der Waals surface area (Å²) < 4.78 is 10.2. The van der Waals surface area contributed by atoms with Gasteiger partial charge in [-0.15, -0.1) is 0 Å². The molecule has 0 aromatic heterocycles. The molecule has 7 nitrogen and oxygen atoms in total. The number of hydrogen-bond donors (Lipinski definition) is 2. The Hall–Kier alpha value is -1.34. The number of hydrogen-bond acceptors (Lipinski definition) is 4. The van der Waals surface area contributed by atoms with Gasteiger partial charge in [0.25, 0.3) is 0 Å². The monoisotopic (exact) mass is 286 g/mol. The first-order valence-corrected chi connectivity index (χ1v) is 6.86. The van der Waals surface area contributed by atoms with E-state index >= 15 is 0 Å². The van der Waals surface area contributed by atoms with E-state index in [0.29, 0.717) is 13.2 Å².